The molecule has 0 atom stereocenters. The van der Waals surface area contributed by atoms with Gasteiger partial charge in [0.25, 0.3) is 10.0 Å². The van der Waals surface area contributed by atoms with Gasteiger partial charge in [0.2, 0.25) is 0 Å². The Kier molecular flexibility index (Phi) is 4.28. The van der Waals surface area contributed by atoms with Crippen LogP contribution in [-0.4, -0.2) is 20.0 Å². The van der Waals surface area contributed by atoms with E-state index in [9.17, 15) is 17.6 Å². The van der Waals surface area contributed by atoms with Gasteiger partial charge in [-0.05, 0) is 39.8 Å². The highest BCUT2D eigenvalue weighted by atomic mass is 32.2. The number of hydrogen-bond donors (Lipinski definition) is 3. The number of nitrogen functional groups attached to an aromatic ring is 1. The fourth-order valence-corrected chi connectivity index (χ4v) is 2.33. The van der Waals surface area contributed by atoms with Gasteiger partial charge in [-0.1, -0.05) is 0 Å². The fraction of sp³-hybridized carbons (Fsp3) is 0.417. The Labute approximate surface area is 117 Å². The first-order valence-electron chi connectivity index (χ1n) is 5.83. The van der Waals surface area contributed by atoms with Crippen LogP contribution in [0.1, 0.15) is 26.3 Å². The lowest BCUT2D eigenvalue weighted by Crippen LogP contribution is -2.48. The predicted octanol–water partition coefficient (Wildman–Crippen LogP) is 1.50. The van der Waals surface area contributed by atoms with E-state index in [1.165, 1.54) is 6.92 Å². The molecule has 0 fully saturated rings. The zero-order valence-electron chi connectivity index (χ0n) is 11.7. The molecule has 2 amide bonds. The van der Waals surface area contributed by atoms with Crippen LogP contribution >= 0.6 is 0 Å². The number of halogens is 1. The van der Waals surface area contributed by atoms with Gasteiger partial charge in [-0.2, -0.15) is 0 Å². The first-order chi connectivity index (χ1) is 8.92. The zero-order chi connectivity index (χ0) is 15.7. The van der Waals surface area contributed by atoms with Crippen molar-refractivity contribution < 1.29 is 17.6 Å². The first kappa shape index (κ1) is 16.2. The van der Waals surface area contributed by atoms with Crippen molar-refractivity contribution in [2.75, 3.05) is 5.73 Å². The Morgan fingerprint density at radius 3 is 2.30 bits per heavy atom. The number of benzene rings is 1. The summed E-state index contributed by atoms with van der Waals surface area (Å²) in [6, 6.07) is 1.03. The number of sulfonamides is 1. The molecule has 0 saturated heterocycles. The van der Waals surface area contributed by atoms with Crippen LogP contribution in [-0.2, 0) is 10.0 Å². The van der Waals surface area contributed by atoms with Crippen molar-refractivity contribution in [3.05, 3.63) is 23.5 Å². The molecule has 20 heavy (non-hydrogen) atoms. The van der Waals surface area contributed by atoms with Gasteiger partial charge in [0, 0.05) is 16.8 Å². The molecule has 0 heterocycles. The third-order valence-corrected chi connectivity index (χ3v) is 3.69. The molecule has 1 aromatic carbocycles. The number of urea groups is 1. The third kappa shape index (κ3) is 4.09. The maximum atomic E-state index is 13.5. The second kappa shape index (κ2) is 5.28. The minimum absolute atomic E-state index is 0.00149. The second-order valence-electron chi connectivity index (χ2n) is 5.43. The van der Waals surface area contributed by atoms with Crippen LogP contribution in [0.15, 0.2) is 17.0 Å². The molecule has 0 radical (unpaired) electrons. The number of nitrogens with two attached hydrogens (primary N) is 1. The molecular weight excluding hydrogens is 285 g/mol. The largest absolute Gasteiger partial charge is 0.398 e. The number of nitrogens with one attached hydrogen (secondary N) is 2. The van der Waals surface area contributed by atoms with Crippen LogP contribution < -0.4 is 15.8 Å². The third-order valence-electron chi connectivity index (χ3n) is 2.38. The average Bonchev–Trinajstić information content (AvgIpc) is 2.21. The minimum atomic E-state index is -4.18. The summed E-state index contributed by atoms with van der Waals surface area (Å²) in [6.07, 6.45) is 0. The maximum absolute atomic E-state index is 13.5. The van der Waals surface area contributed by atoms with E-state index < -0.39 is 32.3 Å². The monoisotopic (exact) mass is 303 g/mol. The second-order valence-corrected chi connectivity index (χ2v) is 7.11. The van der Waals surface area contributed by atoms with Gasteiger partial charge in [-0.25, -0.2) is 22.3 Å². The number of amides is 2. The van der Waals surface area contributed by atoms with Gasteiger partial charge in [-0.15, -0.1) is 0 Å². The highest BCUT2D eigenvalue weighted by Gasteiger charge is 2.22. The van der Waals surface area contributed by atoms with E-state index >= 15 is 0 Å². The Bertz CT molecular complexity index is 613. The number of hydrogen-bond acceptors (Lipinski definition) is 4. The van der Waals surface area contributed by atoms with E-state index in [1.807, 2.05) is 0 Å². The zero-order valence-corrected chi connectivity index (χ0v) is 12.6. The van der Waals surface area contributed by atoms with E-state index in [1.54, 1.807) is 25.5 Å². The van der Waals surface area contributed by atoms with E-state index in [2.05, 4.69) is 5.32 Å². The van der Waals surface area contributed by atoms with E-state index in [0.29, 0.717) is 0 Å². The summed E-state index contributed by atoms with van der Waals surface area (Å²) in [4.78, 5) is 11.2. The molecule has 0 unspecified atom stereocenters. The average molecular weight is 303 g/mol. The first-order valence-corrected chi connectivity index (χ1v) is 7.31. The van der Waals surface area contributed by atoms with Gasteiger partial charge >= 0.3 is 6.03 Å². The number of rotatable bonds is 2. The van der Waals surface area contributed by atoms with Crippen molar-refractivity contribution >= 4 is 21.7 Å². The Hall–Kier alpha value is -1.83. The molecular formula is C12H18FN3O3S. The summed E-state index contributed by atoms with van der Waals surface area (Å²) in [5.41, 5.74) is 5.08. The van der Waals surface area contributed by atoms with Crippen molar-refractivity contribution in [3.8, 4) is 0 Å². The minimum Gasteiger partial charge on any atom is -0.398 e. The standard InChI is InChI=1S/C12H18FN3O3S/c1-7-9(13)5-8(6-10(7)14)20(18,19)16-11(17)15-12(2,3)4/h5-6H,14H2,1-4H3,(H2,15,16,17). The lowest BCUT2D eigenvalue weighted by molar-refractivity contribution is 0.237. The molecule has 0 aliphatic heterocycles. The highest BCUT2D eigenvalue weighted by Crippen LogP contribution is 2.20. The van der Waals surface area contributed by atoms with Crippen LogP contribution in [0.2, 0.25) is 0 Å². The summed E-state index contributed by atoms with van der Waals surface area (Å²) >= 11 is 0. The summed E-state index contributed by atoms with van der Waals surface area (Å²) in [5, 5.41) is 2.43. The number of anilines is 1. The van der Waals surface area contributed by atoms with Crippen molar-refractivity contribution in [1.82, 2.24) is 10.0 Å². The molecule has 6 nitrogen and oxygen atoms in total. The Balaban J connectivity index is 3.04. The quantitative estimate of drug-likeness (QED) is 0.721. The Morgan fingerprint density at radius 1 is 1.30 bits per heavy atom. The summed E-state index contributed by atoms with van der Waals surface area (Å²) < 4.78 is 39.2. The SMILES string of the molecule is Cc1c(N)cc(S(=O)(=O)NC(=O)NC(C)(C)C)cc1F. The normalized spacial score (nSPS) is 12.1. The molecule has 0 aliphatic carbocycles. The lowest BCUT2D eigenvalue weighted by atomic mass is 10.1. The molecule has 8 heteroatoms. The molecule has 112 valence electrons. The van der Waals surface area contributed by atoms with Crippen LogP contribution in [0, 0.1) is 12.7 Å². The van der Waals surface area contributed by atoms with E-state index in [4.69, 9.17) is 5.73 Å². The summed E-state index contributed by atoms with van der Waals surface area (Å²) in [7, 11) is -4.18. The summed E-state index contributed by atoms with van der Waals surface area (Å²) in [6.45, 7) is 6.52. The summed E-state index contributed by atoms with van der Waals surface area (Å²) in [5.74, 6) is -0.749. The fourth-order valence-electron chi connectivity index (χ4n) is 1.38. The van der Waals surface area contributed by atoms with Gasteiger partial charge in [0.15, 0.2) is 0 Å². The van der Waals surface area contributed by atoms with Gasteiger partial charge in [0.1, 0.15) is 5.82 Å². The predicted molar refractivity (Wildman–Crippen MR) is 74.2 cm³/mol. The van der Waals surface area contributed by atoms with Crippen molar-refractivity contribution in [3.63, 3.8) is 0 Å². The molecule has 0 bridgehead atoms. The molecule has 0 aliphatic rings. The maximum Gasteiger partial charge on any atom is 0.329 e. The molecule has 0 spiro atoms. The van der Waals surface area contributed by atoms with Gasteiger partial charge in [-0.3, -0.25) is 0 Å². The van der Waals surface area contributed by atoms with Crippen molar-refractivity contribution in [1.29, 1.82) is 0 Å². The Morgan fingerprint density at radius 2 is 1.85 bits per heavy atom. The number of carbonyl (C=O) groups excluding carboxylic acids is 1. The molecule has 0 aromatic heterocycles. The van der Waals surface area contributed by atoms with Crippen LogP contribution in [0.25, 0.3) is 0 Å². The van der Waals surface area contributed by atoms with Crippen molar-refractivity contribution in [2.45, 2.75) is 38.1 Å². The number of carbonyl (C=O) groups is 1. The van der Waals surface area contributed by atoms with Crippen LogP contribution in [0.3, 0.4) is 0 Å². The van der Waals surface area contributed by atoms with E-state index in [0.717, 1.165) is 12.1 Å². The molecule has 4 N–H and O–H groups in total. The highest BCUT2D eigenvalue weighted by molar-refractivity contribution is 7.90. The van der Waals surface area contributed by atoms with Crippen molar-refractivity contribution in [2.24, 2.45) is 0 Å². The molecule has 1 rings (SSSR count). The van der Waals surface area contributed by atoms with Gasteiger partial charge < -0.3 is 11.1 Å². The van der Waals surface area contributed by atoms with Crippen LogP contribution in [0.5, 0.6) is 0 Å². The molecule has 1 aromatic rings. The molecule has 0 saturated carbocycles. The smallest absolute Gasteiger partial charge is 0.329 e. The van der Waals surface area contributed by atoms with Crippen LogP contribution in [0.4, 0.5) is 14.9 Å². The van der Waals surface area contributed by atoms with E-state index in [-0.39, 0.29) is 11.3 Å². The topological polar surface area (TPSA) is 101 Å². The van der Waals surface area contributed by atoms with Gasteiger partial charge in [0.05, 0.1) is 4.90 Å². The lowest BCUT2D eigenvalue weighted by Gasteiger charge is -2.20.